The molecule has 7 aromatic carbocycles. The summed E-state index contributed by atoms with van der Waals surface area (Å²) in [7, 11) is 0. The van der Waals surface area contributed by atoms with Gasteiger partial charge in [0.05, 0.1) is 11.4 Å². The number of benzene rings is 7. The highest BCUT2D eigenvalue weighted by Gasteiger charge is 2.21. The van der Waals surface area contributed by atoms with Crippen LogP contribution in [0.25, 0.3) is 21.5 Å². The highest BCUT2D eigenvalue weighted by Crippen LogP contribution is 2.47. The molecule has 0 spiro atoms. The van der Waals surface area contributed by atoms with Crippen LogP contribution in [-0.4, -0.2) is 0 Å². The van der Waals surface area contributed by atoms with E-state index in [4.69, 9.17) is 0 Å². The van der Waals surface area contributed by atoms with E-state index in [1.165, 1.54) is 51.2 Å². The van der Waals surface area contributed by atoms with E-state index in [0.717, 1.165) is 42.0 Å². The molecule has 2 nitrogen and oxygen atoms in total. The van der Waals surface area contributed by atoms with Crippen molar-refractivity contribution >= 4 is 50.0 Å². The molecule has 0 saturated carbocycles. The van der Waals surface area contributed by atoms with Crippen molar-refractivity contribution in [3.63, 3.8) is 0 Å². The quantitative estimate of drug-likeness (QED) is 0.135. The van der Waals surface area contributed by atoms with Gasteiger partial charge in [-0.2, -0.15) is 0 Å². The number of nitrogens with zero attached hydrogens (tertiary/aromatic N) is 1. The van der Waals surface area contributed by atoms with Crippen LogP contribution in [0.15, 0.2) is 152 Å². The first kappa shape index (κ1) is 27.2. The Morgan fingerprint density at radius 3 is 1.62 bits per heavy atom. The summed E-state index contributed by atoms with van der Waals surface area (Å²) in [6.45, 7) is 0. The molecule has 7 aromatic rings. The fraction of sp³-hybridized carbons (Fsp3) is 0.116. The molecule has 1 N–H and O–H groups in total. The number of nitrogens with one attached hydrogen (secondary N) is 1. The Labute approximate surface area is 265 Å². The van der Waals surface area contributed by atoms with E-state index in [0.29, 0.717) is 0 Å². The fourth-order valence-corrected chi connectivity index (χ4v) is 6.84. The molecule has 0 aliphatic heterocycles. The van der Waals surface area contributed by atoms with Gasteiger partial charge in [-0.05, 0) is 90.8 Å². The Balaban J connectivity index is 1.19. The van der Waals surface area contributed by atoms with E-state index in [1.807, 2.05) is 0 Å². The van der Waals surface area contributed by atoms with E-state index < -0.39 is 0 Å². The van der Waals surface area contributed by atoms with Crippen LogP contribution in [0.4, 0.5) is 28.4 Å². The molecule has 0 aromatic heterocycles. The molecule has 218 valence electrons. The maximum Gasteiger partial charge on any atom is 0.0619 e. The molecule has 45 heavy (non-hydrogen) atoms. The van der Waals surface area contributed by atoms with Crippen molar-refractivity contribution in [2.24, 2.45) is 0 Å². The van der Waals surface area contributed by atoms with Crippen LogP contribution in [0.2, 0.25) is 0 Å². The third-order valence-electron chi connectivity index (χ3n) is 9.24. The van der Waals surface area contributed by atoms with Gasteiger partial charge >= 0.3 is 0 Å². The molecule has 0 amide bonds. The van der Waals surface area contributed by atoms with Gasteiger partial charge < -0.3 is 10.2 Å². The summed E-state index contributed by atoms with van der Waals surface area (Å²) in [5.74, 6) is 0. The van der Waals surface area contributed by atoms with Crippen molar-refractivity contribution in [3.8, 4) is 0 Å². The second-order valence-electron chi connectivity index (χ2n) is 12.1. The molecule has 0 atom stereocenters. The smallest absolute Gasteiger partial charge is 0.0619 e. The molecule has 0 radical (unpaired) electrons. The molecule has 1 aliphatic rings. The number of anilines is 5. The summed E-state index contributed by atoms with van der Waals surface area (Å²) < 4.78 is 0. The van der Waals surface area contributed by atoms with Crippen molar-refractivity contribution in [3.05, 3.63) is 174 Å². The van der Waals surface area contributed by atoms with Crippen molar-refractivity contribution in [2.75, 3.05) is 10.2 Å². The molecule has 0 unspecified atom stereocenters. The number of aryl methyl sites for hydroxylation is 4. The van der Waals surface area contributed by atoms with E-state index in [-0.39, 0.29) is 0 Å². The number of para-hydroxylation sites is 2. The zero-order valence-electron chi connectivity index (χ0n) is 25.4. The van der Waals surface area contributed by atoms with E-state index in [9.17, 15) is 0 Å². The number of hydrogen-bond acceptors (Lipinski definition) is 2. The topological polar surface area (TPSA) is 15.3 Å². The van der Waals surface area contributed by atoms with Crippen molar-refractivity contribution in [1.29, 1.82) is 0 Å². The van der Waals surface area contributed by atoms with Crippen LogP contribution in [0.1, 0.15) is 28.7 Å². The lowest BCUT2D eigenvalue weighted by Gasteiger charge is -2.29. The van der Waals surface area contributed by atoms with Crippen molar-refractivity contribution < 1.29 is 0 Å². The predicted octanol–water partition coefficient (Wildman–Crippen LogP) is 11.5. The van der Waals surface area contributed by atoms with Gasteiger partial charge in [-0.1, -0.05) is 115 Å². The maximum absolute atomic E-state index is 3.76. The van der Waals surface area contributed by atoms with Crippen molar-refractivity contribution in [2.45, 2.75) is 32.1 Å². The SMILES string of the molecule is c1ccc(Nc2c3ccccc3c(N(c3ccccc3)c3ccc(CCCc4ccc5c(c4)CC5)cc3)c3ccccc23)cc1. The summed E-state index contributed by atoms with van der Waals surface area (Å²) in [5.41, 5.74) is 11.7. The van der Waals surface area contributed by atoms with Crippen molar-refractivity contribution in [1.82, 2.24) is 0 Å². The Morgan fingerprint density at radius 1 is 0.467 bits per heavy atom. The molecule has 0 bridgehead atoms. The Morgan fingerprint density at radius 2 is 1.00 bits per heavy atom. The third-order valence-corrected chi connectivity index (χ3v) is 9.24. The molecule has 1 aliphatic carbocycles. The maximum atomic E-state index is 3.76. The number of fused-ring (bicyclic) bond motifs is 3. The number of rotatable bonds is 9. The highest BCUT2D eigenvalue weighted by molar-refractivity contribution is 6.22. The molecular formula is C43H36N2. The normalized spacial score (nSPS) is 12.1. The Kier molecular flexibility index (Phi) is 7.25. The van der Waals surface area contributed by atoms with Gasteiger partial charge in [0.2, 0.25) is 0 Å². The molecule has 0 heterocycles. The monoisotopic (exact) mass is 580 g/mol. The average molecular weight is 581 g/mol. The average Bonchev–Trinajstić information content (AvgIpc) is 3.09. The zero-order chi connectivity index (χ0) is 30.0. The summed E-state index contributed by atoms with van der Waals surface area (Å²) in [4.78, 5) is 2.43. The van der Waals surface area contributed by atoms with Crippen LogP contribution in [0, 0.1) is 0 Å². The summed E-state index contributed by atoms with van der Waals surface area (Å²) in [6, 6.07) is 55.1. The second kappa shape index (κ2) is 12.0. The van der Waals surface area contributed by atoms with Gasteiger partial charge in [0.15, 0.2) is 0 Å². The van der Waals surface area contributed by atoms with E-state index >= 15 is 0 Å². The predicted molar refractivity (Wildman–Crippen MR) is 192 cm³/mol. The first-order valence-corrected chi connectivity index (χ1v) is 16.1. The summed E-state index contributed by atoms with van der Waals surface area (Å²) in [5, 5.41) is 8.58. The highest BCUT2D eigenvalue weighted by atomic mass is 15.1. The van der Waals surface area contributed by atoms with Gasteiger partial charge in [-0.15, -0.1) is 0 Å². The van der Waals surface area contributed by atoms with E-state index in [2.05, 4.69) is 162 Å². The van der Waals surface area contributed by atoms with Crippen LogP contribution in [0.3, 0.4) is 0 Å². The fourth-order valence-electron chi connectivity index (χ4n) is 6.84. The third kappa shape index (κ3) is 5.34. The molecule has 2 heteroatoms. The van der Waals surface area contributed by atoms with E-state index in [1.54, 1.807) is 11.1 Å². The molecule has 8 rings (SSSR count). The second-order valence-corrected chi connectivity index (χ2v) is 12.1. The lowest BCUT2D eigenvalue weighted by Crippen LogP contribution is -2.11. The first-order chi connectivity index (χ1) is 22.3. The Hall–Kier alpha value is -5.34. The summed E-state index contributed by atoms with van der Waals surface area (Å²) in [6.07, 6.45) is 5.87. The van der Waals surface area contributed by atoms with Gasteiger partial charge in [0, 0.05) is 38.6 Å². The first-order valence-electron chi connectivity index (χ1n) is 16.1. The van der Waals surface area contributed by atoms with Gasteiger partial charge in [0.1, 0.15) is 0 Å². The number of hydrogen-bond donors (Lipinski definition) is 1. The van der Waals surface area contributed by atoms with Crippen LogP contribution in [-0.2, 0) is 25.7 Å². The van der Waals surface area contributed by atoms with Gasteiger partial charge in [0.25, 0.3) is 0 Å². The summed E-state index contributed by atoms with van der Waals surface area (Å²) >= 11 is 0. The van der Waals surface area contributed by atoms with Crippen LogP contribution in [0.5, 0.6) is 0 Å². The minimum atomic E-state index is 1.08. The van der Waals surface area contributed by atoms with Gasteiger partial charge in [-0.3, -0.25) is 0 Å². The minimum absolute atomic E-state index is 1.08. The van der Waals surface area contributed by atoms with Crippen LogP contribution >= 0.6 is 0 Å². The lowest BCUT2D eigenvalue weighted by molar-refractivity contribution is 0.799. The standard InChI is InChI=1S/C43H36N2/c1-3-14-35(15-4-1)44-42-38-18-7-9-20-40(38)43(41-21-10-8-19-39(41)42)45(36-16-5-2-6-17-36)37-28-23-31(24-29-37)12-11-13-32-22-25-33-26-27-34(33)30-32/h1-10,14-25,28-30,44H,11-13,26-27H2. The largest absolute Gasteiger partial charge is 0.355 e. The molecule has 0 fully saturated rings. The molecular weight excluding hydrogens is 544 g/mol. The van der Waals surface area contributed by atoms with Crippen LogP contribution < -0.4 is 10.2 Å². The van der Waals surface area contributed by atoms with Gasteiger partial charge in [-0.25, -0.2) is 0 Å². The zero-order valence-corrected chi connectivity index (χ0v) is 25.4. The molecule has 0 saturated heterocycles. The minimum Gasteiger partial charge on any atom is -0.355 e. The lowest BCUT2D eigenvalue weighted by atomic mass is 9.86. The Bertz CT molecular complexity index is 2040.